The van der Waals surface area contributed by atoms with Gasteiger partial charge >= 0.3 is 0 Å². The van der Waals surface area contributed by atoms with Crippen molar-refractivity contribution in [2.75, 3.05) is 7.11 Å². The SMILES string of the molecule is COc1ccc(C=Cc2ccc(C3NCc4ccccc43)cc2S(=O)(=O)O)c(S(=O)(=O)O)c1.[Na].[Na]. The van der Waals surface area contributed by atoms with Crippen LogP contribution in [0.5, 0.6) is 5.75 Å². The molecule has 174 valence electrons. The number of fused-ring (bicyclic) bond motifs is 1. The zero-order valence-corrected chi connectivity index (χ0v) is 25.1. The van der Waals surface area contributed by atoms with E-state index in [9.17, 15) is 25.9 Å². The molecule has 1 atom stereocenters. The first-order valence-corrected chi connectivity index (χ1v) is 12.7. The van der Waals surface area contributed by atoms with Gasteiger partial charge < -0.3 is 10.1 Å². The van der Waals surface area contributed by atoms with Gasteiger partial charge in [-0.1, -0.05) is 48.6 Å². The van der Waals surface area contributed by atoms with Crippen molar-refractivity contribution in [3.63, 3.8) is 0 Å². The van der Waals surface area contributed by atoms with Gasteiger partial charge in [0.15, 0.2) is 0 Å². The molecule has 4 rings (SSSR count). The van der Waals surface area contributed by atoms with Crippen molar-refractivity contribution < 1.29 is 30.7 Å². The molecule has 0 aromatic heterocycles. The van der Waals surface area contributed by atoms with E-state index in [1.165, 1.54) is 43.5 Å². The molecule has 1 aliphatic heterocycles. The van der Waals surface area contributed by atoms with Crippen LogP contribution in [0.25, 0.3) is 12.2 Å². The zero-order valence-electron chi connectivity index (χ0n) is 19.5. The Kier molecular flexibility index (Phi) is 10.4. The minimum absolute atomic E-state index is 0. The smallest absolute Gasteiger partial charge is 0.295 e. The number of rotatable bonds is 6. The first kappa shape index (κ1) is 30.2. The molecular weight excluding hydrogens is 512 g/mol. The molecule has 0 amide bonds. The Bertz CT molecular complexity index is 1470. The molecular formula is C23H21NNa2O7S2. The molecule has 2 radical (unpaired) electrons. The number of ether oxygens (including phenoxy) is 1. The molecule has 3 aromatic carbocycles. The van der Waals surface area contributed by atoms with Gasteiger partial charge in [0.1, 0.15) is 15.5 Å². The molecule has 0 aliphatic carbocycles. The summed E-state index contributed by atoms with van der Waals surface area (Å²) in [5, 5.41) is 3.33. The van der Waals surface area contributed by atoms with Crippen LogP contribution >= 0.6 is 0 Å². The molecule has 0 bridgehead atoms. The van der Waals surface area contributed by atoms with Crippen molar-refractivity contribution in [3.8, 4) is 5.75 Å². The van der Waals surface area contributed by atoms with Crippen LogP contribution in [0.15, 0.2) is 70.5 Å². The topological polar surface area (TPSA) is 130 Å². The van der Waals surface area contributed by atoms with Crippen LogP contribution < -0.4 is 10.1 Å². The average molecular weight is 534 g/mol. The molecule has 3 aromatic rings. The van der Waals surface area contributed by atoms with E-state index in [-0.39, 0.29) is 86.9 Å². The second-order valence-corrected chi connectivity index (χ2v) is 10.3. The third kappa shape index (κ3) is 6.85. The van der Waals surface area contributed by atoms with E-state index in [0.717, 1.165) is 17.2 Å². The molecule has 0 saturated heterocycles. The maximum Gasteiger partial charge on any atom is 0.295 e. The normalized spacial score (nSPS) is 15.2. The van der Waals surface area contributed by atoms with Crippen molar-refractivity contribution in [2.45, 2.75) is 22.4 Å². The van der Waals surface area contributed by atoms with E-state index in [0.29, 0.717) is 12.1 Å². The summed E-state index contributed by atoms with van der Waals surface area (Å²) < 4.78 is 72.2. The Morgan fingerprint density at radius 3 is 2.03 bits per heavy atom. The third-order valence-corrected chi connectivity index (χ3v) is 7.27. The van der Waals surface area contributed by atoms with Gasteiger partial charge in [-0.15, -0.1) is 0 Å². The predicted octanol–water partition coefficient (Wildman–Crippen LogP) is 2.79. The van der Waals surface area contributed by atoms with Crippen LogP contribution in [-0.2, 0) is 26.8 Å². The monoisotopic (exact) mass is 533 g/mol. The fraction of sp³-hybridized carbons (Fsp3) is 0.130. The molecule has 3 N–H and O–H groups in total. The number of methoxy groups -OCH3 is 1. The summed E-state index contributed by atoms with van der Waals surface area (Å²) in [6.45, 7) is 0.638. The minimum atomic E-state index is -4.58. The summed E-state index contributed by atoms with van der Waals surface area (Å²) in [5.41, 5.74) is 3.07. The first-order chi connectivity index (χ1) is 15.6. The number of nitrogens with one attached hydrogen (secondary N) is 1. The molecule has 0 fully saturated rings. The Hall–Kier alpha value is -1.02. The van der Waals surface area contributed by atoms with Gasteiger partial charge in [0, 0.05) is 71.7 Å². The molecule has 35 heavy (non-hydrogen) atoms. The maximum absolute atomic E-state index is 12.1. The number of hydrogen-bond donors (Lipinski definition) is 3. The summed E-state index contributed by atoms with van der Waals surface area (Å²) in [4.78, 5) is -0.709. The summed E-state index contributed by atoms with van der Waals surface area (Å²) >= 11 is 0. The largest absolute Gasteiger partial charge is 0.497 e. The second kappa shape index (κ2) is 12.0. The fourth-order valence-corrected chi connectivity index (χ4v) is 5.29. The van der Waals surface area contributed by atoms with Gasteiger partial charge in [-0.2, -0.15) is 16.8 Å². The van der Waals surface area contributed by atoms with Crippen LogP contribution in [0.4, 0.5) is 0 Å². The van der Waals surface area contributed by atoms with Gasteiger partial charge in [-0.25, -0.2) is 0 Å². The first-order valence-electron chi connectivity index (χ1n) is 9.84. The van der Waals surface area contributed by atoms with Gasteiger partial charge in [-0.3, -0.25) is 9.11 Å². The molecule has 0 spiro atoms. The van der Waals surface area contributed by atoms with Crippen molar-refractivity contribution in [3.05, 3.63) is 88.5 Å². The van der Waals surface area contributed by atoms with Crippen molar-refractivity contribution in [2.24, 2.45) is 0 Å². The molecule has 1 aliphatic rings. The predicted molar refractivity (Wildman–Crippen MR) is 135 cm³/mol. The van der Waals surface area contributed by atoms with Gasteiger partial charge in [-0.05, 0) is 46.0 Å². The maximum atomic E-state index is 12.1. The summed E-state index contributed by atoms with van der Waals surface area (Å²) in [6, 6.07) is 16.3. The quantitative estimate of drug-likeness (QED) is 0.251. The minimum Gasteiger partial charge on any atom is -0.497 e. The summed E-state index contributed by atoms with van der Waals surface area (Å²) in [6.07, 6.45) is 2.70. The third-order valence-electron chi connectivity index (χ3n) is 5.45. The van der Waals surface area contributed by atoms with Gasteiger partial charge in [0.2, 0.25) is 0 Å². The zero-order chi connectivity index (χ0) is 23.8. The van der Waals surface area contributed by atoms with E-state index in [2.05, 4.69) is 5.32 Å². The molecule has 1 unspecified atom stereocenters. The van der Waals surface area contributed by atoms with Crippen molar-refractivity contribution in [1.82, 2.24) is 5.32 Å². The number of hydrogen-bond acceptors (Lipinski definition) is 6. The van der Waals surface area contributed by atoms with Crippen molar-refractivity contribution >= 4 is 91.5 Å². The van der Waals surface area contributed by atoms with Crippen LogP contribution in [0.2, 0.25) is 0 Å². The van der Waals surface area contributed by atoms with E-state index >= 15 is 0 Å². The Morgan fingerprint density at radius 2 is 1.43 bits per heavy atom. The van der Waals surface area contributed by atoms with Crippen molar-refractivity contribution in [1.29, 1.82) is 0 Å². The Labute approximate surface area is 248 Å². The van der Waals surface area contributed by atoms with Crippen LogP contribution in [0, 0.1) is 0 Å². The standard InChI is InChI=1S/C23H21NO7S2.2Na/c1-31-19-11-10-16(22(13-19)33(28,29)30)7-6-15-8-9-17(12-21(15)32(25,26)27)23-20-5-3-2-4-18(20)14-24-23;;/h2-13,23-24H,14H2,1H3,(H,25,26,27)(H,28,29,30);;. The second-order valence-electron chi connectivity index (χ2n) is 7.50. The van der Waals surface area contributed by atoms with Gasteiger partial charge in [0.05, 0.1) is 13.2 Å². The van der Waals surface area contributed by atoms with Gasteiger partial charge in [0.25, 0.3) is 20.2 Å². The average Bonchev–Trinajstić information content (AvgIpc) is 3.20. The van der Waals surface area contributed by atoms with Crippen LogP contribution in [0.3, 0.4) is 0 Å². The fourth-order valence-electron chi connectivity index (χ4n) is 3.87. The van der Waals surface area contributed by atoms with E-state index < -0.39 is 25.1 Å². The van der Waals surface area contributed by atoms with E-state index in [4.69, 9.17) is 4.74 Å². The molecule has 12 heteroatoms. The van der Waals surface area contributed by atoms with E-state index in [1.54, 1.807) is 6.07 Å². The van der Waals surface area contributed by atoms with Crippen LogP contribution in [0.1, 0.15) is 33.9 Å². The molecule has 0 saturated carbocycles. The van der Waals surface area contributed by atoms with E-state index in [1.807, 2.05) is 24.3 Å². The Morgan fingerprint density at radius 1 is 0.857 bits per heavy atom. The van der Waals surface area contributed by atoms with Crippen LogP contribution in [-0.4, -0.2) is 92.2 Å². The molecule has 8 nitrogen and oxygen atoms in total. The summed E-state index contributed by atoms with van der Waals surface area (Å²) in [7, 11) is -7.79. The Balaban J connectivity index is 0.00000216. The number of benzene rings is 3. The molecule has 1 heterocycles. The summed E-state index contributed by atoms with van der Waals surface area (Å²) in [5.74, 6) is 0.229.